The zero-order valence-corrected chi connectivity index (χ0v) is 29.1. The van der Waals surface area contributed by atoms with E-state index in [0.717, 1.165) is 28.0 Å². The number of rotatable bonds is 2. The molecule has 54 heavy (non-hydrogen) atoms. The van der Waals surface area contributed by atoms with Crippen molar-refractivity contribution in [2.24, 2.45) is 4.99 Å². The van der Waals surface area contributed by atoms with E-state index in [4.69, 9.17) is 4.99 Å². The number of hydrogen-bond donors (Lipinski definition) is 1. The number of aliphatic imine (C=N–C) groups is 1. The first-order chi connectivity index (χ1) is 26.8. The molecule has 250 valence electrons. The topological polar surface area (TPSA) is 33.7 Å². The van der Waals surface area contributed by atoms with Crippen LogP contribution in [0.3, 0.4) is 0 Å². The number of aromatic nitrogens is 2. The van der Waals surface area contributed by atoms with E-state index >= 15 is 0 Å². The molecular weight excluding hydrogens is 657 g/mol. The maximum atomic E-state index is 5.70. The summed E-state index contributed by atoms with van der Waals surface area (Å²) in [6.07, 6.45) is -0.407. The fraction of sp³-hybridized carbons (Fsp3) is 0.0200. The van der Waals surface area contributed by atoms with E-state index in [1.165, 1.54) is 86.7 Å². The minimum absolute atomic E-state index is 0.407. The van der Waals surface area contributed by atoms with Crippen molar-refractivity contribution in [3.05, 3.63) is 181 Å². The zero-order chi connectivity index (χ0) is 35.1. The Morgan fingerprint density at radius 1 is 0.426 bits per heavy atom. The first kappa shape index (κ1) is 28.4. The lowest BCUT2D eigenvalue weighted by molar-refractivity contribution is 0.625. The highest BCUT2D eigenvalue weighted by molar-refractivity contribution is 6.39. The molecule has 4 heteroatoms. The lowest BCUT2D eigenvalue weighted by Gasteiger charge is -2.28. The van der Waals surface area contributed by atoms with Crippen molar-refractivity contribution in [2.75, 3.05) is 5.32 Å². The molecule has 1 unspecified atom stereocenters. The van der Waals surface area contributed by atoms with Crippen molar-refractivity contribution in [3.8, 4) is 0 Å². The van der Waals surface area contributed by atoms with Gasteiger partial charge in [0.05, 0.1) is 33.3 Å². The SMILES string of the molecule is c1ccc2c(c1)NC(n1c3ccccc3c3c4ccccc4c4c5cccc6c7cc8ccccc8cc7n(c65)c4c31)N=C2c1ccc2ccccc2c1. The predicted octanol–water partition coefficient (Wildman–Crippen LogP) is 12.8. The smallest absolute Gasteiger partial charge is 0.201 e. The maximum absolute atomic E-state index is 5.70. The van der Waals surface area contributed by atoms with Gasteiger partial charge in [0.15, 0.2) is 0 Å². The van der Waals surface area contributed by atoms with Gasteiger partial charge in [0.1, 0.15) is 0 Å². The van der Waals surface area contributed by atoms with Crippen LogP contribution in [0.25, 0.3) is 92.2 Å². The van der Waals surface area contributed by atoms with Crippen molar-refractivity contribution < 1.29 is 0 Å². The van der Waals surface area contributed by atoms with Gasteiger partial charge in [-0.05, 0) is 62.6 Å². The number of hydrogen-bond acceptors (Lipinski definition) is 2. The number of para-hydroxylation sites is 3. The average Bonchev–Trinajstić information content (AvgIpc) is 3.88. The van der Waals surface area contributed by atoms with Gasteiger partial charge in [0.2, 0.25) is 6.29 Å². The van der Waals surface area contributed by atoms with Crippen molar-refractivity contribution in [2.45, 2.75) is 6.29 Å². The molecule has 0 aliphatic carbocycles. The second-order valence-electron chi connectivity index (χ2n) is 14.7. The standard InChI is InChI=1S/C50H30N4/c1-2-13-30-26-33(25-24-29(30)12-1)46-37-18-7-9-22-41(37)51-50(52-46)54-42-23-10-8-19-38(42)44-34-16-5-6-17-35(34)45-39-21-11-20-36-40-27-31-14-3-4-15-32(31)28-43(40)53(47(36)39)48(45)49(44)54/h1-28,50-51H. The van der Waals surface area contributed by atoms with Crippen molar-refractivity contribution in [3.63, 3.8) is 0 Å². The maximum Gasteiger partial charge on any atom is 0.201 e. The van der Waals surface area contributed by atoms with E-state index in [1.54, 1.807) is 0 Å². The van der Waals surface area contributed by atoms with Crippen LogP contribution in [0.15, 0.2) is 175 Å². The molecule has 4 nitrogen and oxygen atoms in total. The van der Waals surface area contributed by atoms with Crippen LogP contribution in [0, 0.1) is 0 Å². The summed E-state index contributed by atoms with van der Waals surface area (Å²) in [5, 5.41) is 19.0. The van der Waals surface area contributed by atoms with Gasteiger partial charge in [-0.1, -0.05) is 140 Å². The van der Waals surface area contributed by atoms with Gasteiger partial charge in [0.25, 0.3) is 0 Å². The summed E-state index contributed by atoms with van der Waals surface area (Å²) in [6, 6.07) is 62.1. The summed E-state index contributed by atoms with van der Waals surface area (Å²) in [7, 11) is 0. The average molecular weight is 687 g/mol. The molecule has 9 aromatic carbocycles. The summed E-state index contributed by atoms with van der Waals surface area (Å²) in [5.74, 6) is 0. The summed E-state index contributed by atoms with van der Waals surface area (Å²) < 4.78 is 5.05. The molecule has 3 aromatic heterocycles. The van der Waals surface area contributed by atoms with Crippen LogP contribution < -0.4 is 5.32 Å². The van der Waals surface area contributed by atoms with Crippen molar-refractivity contribution in [1.82, 2.24) is 8.97 Å². The summed E-state index contributed by atoms with van der Waals surface area (Å²) in [4.78, 5) is 5.70. The molecule has 0 bridgehead atoms. The number of benzene rings is 9. The van der Waals surface area contributed by atoms with Gasteiger partial charge in [0, 0.05) is 49.1 Å². The minimum atomic E-state index is -0.407. The molecule has 0 radical (unpaired) electrons. The van der Waals surface area contributed by atoms with Crippen LogP contribution in [0.2, 0.25) is 0 Å². The molecule has 0 saturated heterocycles. The molecule has 1 N–H and O–H groups in total. The lowest BCUT2D eigenvalue weighted by atomic mass is 9.97. The van der Waals surface area contributed by atoms with Crippen LogP contribution in [0.4, 0.5) is 5.69 Å². The number of anilines is 1. The van der Waals surface area contributed by atoms with E-state index in [-0.39, 0.29) is 0 Å². The van der Waals surface area contributed by atoms with E-state index in [2.05, 4.69) is 184 Å². The van der Waals surface area contributed by atoms with Crippen LogP contribution in [-0.4, -0.2) is 14.7 Å². The number of nitrogens with one attached hydrogen (secondary N) is 1. The Balaban J connectivity index is 1.23. The lowest BCUT2D eigenvalue weighted by Crippen LogP contribution is -2.25. The van der Waals surface area contributed by atoms with Crippen LogP contribution in [0.1, 0.15) is 17.4 Å². The van der Waals surface area contributed by atoms with Crippen LogP contribution in [0.5, 0.6) is 0 Å². The Morgan fingerprint density at radius 2 is 1.06 bits per heavy atom. The Kier molecular flexibility index (Phi) is 5.39. The van der Waals surface area contributed by atoms with Gasteiger partial charge in [-0.2, -0.15) is 0 Å². The quantitative estimate of drug-likeness (QED) is 0.193. The molecule has 12 aromatic rings. The third-order valence-corrected chi connectivity index (χ3v) is 12.0. The van der Waals surface area contributed by atoms with Gasteiger partial charge in [-0.15, -0.1) is 0 Å². The molecule has 0 fully saturated rings. The highest BCUT2D eigenvalue weighted by Gasteiger charge is 2.30. The first-order valence-corrected chi connectivity index (χ1v) is 18.7. The second-order valence-corrected chi connectivity index (χ2v) is 14.7. The molecule has 1 aliphatic heterocycles. The number of nitrogens with zero attached hydrogens (tertiary/aromatic N) is 3. The van der Waals surface area contributed by atoms with Gasteiger partial charge < -0.3 is 9.72 Å². The second kappa shape index (κ2) is 10.2. The Morgan fingerprint density at radius 3 is 1.89 bits per heavy atom. The third-order valence-electron chi connectivity index (χ3n) is 12.0. The minimum Gasteiger partial charge on any atom is -0.346 e. The summed E-state index contributed by atoms with van der Waals surface area (Å²) in [5.41, 5.74) is 10.4. The molecular formula is C50H30N4. The highest BCUT2D eigenvalue weighted by Crippen LogP contribution is 2.49. The van der Waals surface area contributed by atoms with Crippen molar-refractivity contribution in [1.29, 1.82) is 0 Å². The fourth-order valence-corrected chi connectivity index (χ4v) is 9.73. The van der Waals surface area contributed by atoms with E-state index < -0.39 is 6.29 Å². The normalized spacial score (nSPS) is 14.7. The van der Waals surface area contributed by atoms with E-state index in [1.807, 2.05) is 0 Å². The summed E-state index contributed by atoms with van der Waals surface area (Å²) in [6.45, 7) is 0. The largest absolute Gasteiger partial charge is 0.346 e. The van der Waals surface area contributed by atoms with E-state index in [9.17, 15) is 0 Å². The molecule has 1 aliphatic rings. The van der Waals surface area contributed by atoms with Gasteiger partial charge >= 0.3 is 0 Å². The fourth-order valence-electron chi connectivity index (χ4n) is 9.73. The zero-order valence-electron chi connectivity index (χ0n) is 29.1. The first-order valence-electron chi connectivity index (χ1n) is 18.7. The highest BCUT2D eigenvalue weighted by atomic mass is 15.3. The summed E-state index contributed by atoms with van der Waals surface area (Å²) >= 11 is 0. The molecule has 0 amide bonds. The van der Waals surface area contributed by atoms with E-state index in [0.29, 0.717) is 0 Å². The molecule has 4 heterocycles. The third kappa shape index (κ3) is 3.59. The Hall–Kier alpha value is -7.17. The number of fused-ring (bicyclic) bond motifs is 16. The van der Waals surface area contributed by atoms with Crippen LogP contribution >= 0.6 is 0 Å². The molecule has 1 atom stereocenters. The Bertz CT molecular complexity index is 3600. The van der Waals surface area contributed by atoms with Crippen molar-refractivity contribution >= 4 is 104 Å². The Labute approximate surface area is 309 Å². The molecule has 0 spiro atoms. The van der Waals surface area contributed by atoms with Crippen LogP contribution in [-0.2, 0) is 0 Å². The predicted molar refractivity (Wildman–Crippen MR) is 228 cm³/mol. The molecule has 13 rings (SSSR count). The van der Waals surface area contributed by atoms with Gasteiger partial charge in [-0.25, -0.2) is 4.99 Å². The monoisotopic (exact) mass is 686 g/mol. The van der Waals surface area contributed by atoms with Gasteiger partial charge in [-0.3, -0.25) is 4.57 Å². The molecule has 0 saturated carbocycles.